The summed E-state index contributed by atoms with van der Waals surface area (Å²) in [5, 5.41) is -0.498. The summed E-state index contributed by atoms with van der Waals surface area (Å²) in [7, 11) is 1.66. The Hall–Kier alpha value is -2.33. The summed E-state index contributed by atoms with van der Waals surface area (Å²) in [5.41, 5.74) is 2.26. The maximum atomic E-state index is 11.9. The van der Waals surface area contributed by atoms with E-state index in [4.69, 9.17) is 16.3 Å². The van der Waals surface area contributed by atoms with E-state index in [9.17, 15) is 9.59 Å². The quantitative estimate of drug-likeness (QED) is 0.787. The van der Waals surface area contributed by atoms with Crippen LogP contribution >= 0.6 is 11.6 Å². The number of amides is 1. The summed E-state index contributed by atoms with van der Waals surface area (Å²) in [5.74, 6) is 0. The van der Waals surface area contributed by atoms with Crippen molar-refractivity contribution in [2.75, 3.05) is 7.05 Å². The number of hydrogen-bond donors (Lipinski definition) is 0. The van der Waals surface area contributed by atoms with Crippen LogP contribution in [0.15, 0.2) is 54.6 Å². The molecule has 0 aliphatic carbocycles. The summed E-state index contributed by atoms with van der Waals surface area (Å²) < 4.78 is 5.24. The number of carbonyl (C=O) groups is 2. The molecule has 0 N–H and O–H groups in total. The topological polar surface area (TPSA) is 46.6 Å². The zero-order valence-corrected chi connectivity index (χ0v) is 12.9. The highest BCUT2D eigenvalue weighted by Gasteiger charge is 2.11. The van der Waals surface area contributed by atoms with Gasteiger partial charge in [0.2, 0.25) is 0 Å². The zero-order chi connectivity index (χ0) is 15.9. The molecule has 22 heavy (non-hydrogen) atoms. The number of ether oxygens (including phenoxy) is 1. The summed E-state index contributed by atoms with van der Waals surface area (Å²) >= 11 is 5.39. The third kappa shape index (κ3) is 4.60. The van der Waals surface area contributed by atoms with Crippen LogP contribution in [-0.2, 0) is 17.9 Å². The van der Waals surface area contributed by atoms with Gasteiger partial charge in [-0.25, -0.2) is 4.79 Å². The molecule has 0 aromatic heterocycles. The molecule has 4 nitrogen and oxygen atoms in total. The average Bonchev–Trinajstić information content (AvgIpc) is 2.54. The van der Waals surface area contributed by atoms with E-state index in [2.05, 4.69) is 0 Å². The third-order valence-corrected chi connectivity index (χ3v) is 3.34. The van der Waals surface area contributed by atoms with Crippen LogP contribution in [-0.4, -0.2) is 23.3 Å². The van der Waals surface area contributed by atoms with Crippen molar-refractivity contribution >= 4 is 22.9 Å². The van der Waals surface area contributed by atoms with Gasteiger partial charge in [-0.3, -0.25) is 4.79 Å². The largest absolute Gasteiger partial charge is 0.445 e. The van der Waals surface area contributed by atoms with Crippen LogP contribution in [0.3, 0.4) is 0 Å². The Morgan fingerprint density at radius 1 is 1.00 bits per heavy atom. The van der Waals surface area contributed by atoms with Crippen molar-refractivity contribution in [3.05, 3.63) is 71.3 Å². The fraction of sp³-hybridized carbons (Fsp3) is 0.176. The van der Waals surface area contributed by atoms with E-state index in [0.29, 0.717) is 12.1 Å². The lowest BCUT2D eigenvalue weighted by atomic mass is 10.1. The van der Waals surface area contributed by atoms with Gasteiger partial charge in [-0.1, -0.05) is 42.5 Å². The highest BCUT2D eigenvalue weighted by atomic mass is 35.5. The fourth-order valence-electron chi connectivity index (χ4n) is 1.91. The standard InChI is InChI=1S/C17H16ClNO3/c1-19(11-13-7-9-15(10-8-13)16(18)20)17(21)22-12-14-5-3-2-4-6-14/h2-10H,11-12H2,1H3. The summed E-state index contributed by atoms with van der Waals surface area (Å²) in [4.78, 5) is 24.4. The molecule has 0 spiro atoms. The van der Waals surface area contributed by atoms with Crippen LogP contribution in [0.5, 0.6) is 0 Å². The molecule has 0 saturated carbocycles. The monoisotopic (exact) mass is 317 g/mol. The Balaban J connectivity index is 1.86. The Kier molecular flexibility index (Phi) is 5.55. The van der Waals surface area contributed by atoms with E-state index in [-0.39, 0.29) is 6.61 Å². The summed E-state index contributed by atoms with van der Waals surface area (Å²) in [6.07, 6.45) is -0.402. The van der Waals surface area contributed by atoms with E-state index >= 15 is 0 Å². The van der Waals surface area contributed by atoms with Gasteiger partial charge in [0.25, 0.3) is 5.24 Å². The van der Waals surface area contributed by atoms with Gasteiger partial charge >= 0.3 is 6.09 Å². The lowest BCUT2D eigenvalue weighted by Crippen LogP contribution is -2.26. The van der Waals surface area contributed by atoms with Crippen molar-refractivity contribution in [3.8, 4) is 0 Å². The molecule has 0 fully saturated rings. The molecule has 2 rings (SSSR count). The molecule has 2 aromatic rings. The van der Waals surface area contributed by atoms with Crippen molar-refractivity contribution in [1.82, 2.24) is 4.90 Å². The molecular formula is C17H16ClNO3. The van der Waals surface area contributed by atoms with Gasteiger partial charge in [-0.15, -0.1) is 0 Å². The van der Waals surface area contributed by atoms with E-state index < -0.39 is 11.3 Å². The highest BCUT2D eigenvalue weighted by molar-refractivity contribution is 6.67. The second kappa shape index (κ2) is 7.61. The minimum absolute atomic E-state index is 0.240. The molecular weight excluding hydrogens is 302 g/mol. The molecule has 0 radical (unpaired) electrons. The van der Waals surface area contributed by atoms with Gasteiger partial charge in [-0.2, -0.15) is 0 Å². The van der Waals surface area contributed by atoms with Gasteiger partial charge in [0, 0.05) is 19.2 Å². The van der Waals surface area contributed by atoms with Crippen LogP contribution < -0.4 is 0 Å². The Bertz CT molecular complexity index is 641. The first-order valence-corrected chi connectivity index (χ1v) is 7.14. The molecule has 1 amide bonds. The molecule has 0 saturated heterocycles. The van der Waals surface area contributed by atoms with Crippen molar-refractivity contribution in [2.24, 2.45) is 0 Å². The van der Waals surface area contributed by atoms with E-state index in [0.717, 1.165) is 11.1 Å². The van der Waals surface area contributed by atoms with E-state index in [1.165, 1.54) is 4.90 Å². The van der Waals surface area contributed by atoms with Gasteiger partial charge in [0.05, 0.1) is 0 Å². The van der Waals surface area contributed by atoms with Gasteiger partial charge < -0.3 is 9.64 Å². The summed E-state index contributed by atoms with van der Waals surface area (Å²) in [6.45, 7) is 0.633. The predicted molar refractivity (Wildman–Crippen MR) is 84.7 cm³/mol. The second-order valence-electron chi connectivity index (χ2n) is 4.87. The second-order valence-corrected chi connectivity index (χ2v) is 5.21. The van der Waals surface area contributed by atoms with E-state index in [1.807, 2.05) is 30.3 Å². The maximum Gasteiger partial charge on any atom is 0.410 e. The number of halogens is 1. The lowest BCUT2D eigenvalue weighted by Gasteiger charge is -2.17. The smallest absolute Gasteiger partial charge is 0.410 e. The number of hydrogen-bond acceptors (Lipinski definition) is 3. The summed E-state index contributed by atoms with van der Waals surface area (Å²) in [6, 6.07) is 16.3. The van der Waals surface area contributed by atoms with Crippen molar-refractivity contribution in [2.45, 2.75) is 13.2 Å². The van der Waals surface area contributed by atoms with Crippen molar-refractivity contribution < 1.29 is 14.3 Å². The molecule has 0 aliphatic heterocycles. The average molecular weight is 318 g/mol. The molecule has 0 aliphatic rings. The Morgan fingerprint density at radius 2 is 1.64 bits per heavy atom. The Morgan fingerprint density at radius 3 is 2.23 bits per heavy atom. The van der Waals surface area contributed by atoms with Gasteiger partial charge in [0.15, 0.2) is 0 Å². The van der Waals surface area contributed by atoms with Crippen LogP contribution in [0, 0.1) is 0 Å². The van der Waals surface area contributed by atoms with Gasteiger partial charge in [0.1, 0.15) is 6.61 Å². The first kappa shape index (κ1) is 16.0. The molecule has 0 atom stereocenters. The molecule has 2 aromatic carbocycles. The number of nitrogens with zero attached hydrogens (tertiary/aromatic N) is 1. The lowest BCUT2D eigenvalue weighted by molar-refractivity contribution is 0.102. The fourth-order valence-corrected chi connectivity index (χ4v) is 2.04. The van der Waals surface area contributed by atoms with Crippen LogP contribution in [0.1, 0.15) is 21.5 Å². The molecule has 0 bridgehead atoms. The Labute approximate surface area is 134 Å². The number of benzene rings is 2. The van der Waals surface area contributed by atoms with Crippen LogP contribution in [0.25, 0.3) is 0 Å². The number of carbonyl (C=O) groups excluding carboxylic acids is 2. The minimum Gasteiger partial charge on any atom is -0.445 e. The molecule has 0 unspecified atom stereocenters. The number of rotatable bonds is 5. The van der Waals surface area contributed by atoms with Crippen molar-refractivity contribution in [1.29, 1.82) is 0 Å². The van der Waals surface area contributed by atoms with E-state index in [1.54, 1.807) is 31.3 Å². The third-order valence-electron chi connectivity index (χ3n) is 3.12. The molecule has 114 valence electrons. The minimum atomic E-state index is -0.498. The van der Waals surface area contributed by atoms with Crippen molar-refractivity contribution in [3.63, 3.8) is 0 Å². The maximum absolute atomic E-state index is 11.9. The normalized spacial score (nSPS) is 10.1. The zero-order valence-electron chi connectivity index (χ0n) is 12.2. The SMILES string of the molecule is CN(Cc1ccc(C(=O)Cl)cc1)C(=O)OCc1ccccc1. The van der Waals surface area contributed by atoms with Crippen LogP contribution in [0.2, 0.25) is 0 Å². The highest BCUT2D eigenvalue weighted by Crippen LogP contribution is 2.10. The van der Waals surface area contributed by atoms with Crippen LogP contribution in [0.4, 0.5) is 4.79 Å². The first-order chi connectivity index (χ1) is 10.6. The molecule has 5 heteroatoms. The molecule has 0 heterocycles. The predicted octanol–water partition coefficient (Wildman–Crippen LogP) is 3.83. The first-order valence-electron chi connectivity index (χ1n) is 6.77. The van der Waals surface area contributed by atoms with Gasteiger partial charge in [-0.05, 0) is 34.9 Å².